The van der Waals surface area contributed by atoms with E-state index in [1.54, 1.807) is 24.3 Å². The topological polar surface area (TPSA) is 67.4 Å². The molecule has 5 nitrogen and oxygen atoms in total. The molecule has 2 aromatic rings. The van der Waals surface area contributed by atoms with E-state index in [2.05, 4.69) is 10.6 Å². The second-order valence-corrected chi connectivity index (χ2v) is 4.88. The number of nitrogens with one attached hydrogen (secondary N) is 2. The fourth-order valence-corrected chi connectivity index (χ4v) is 1.95. The zero-order chi connectivity index (χ0) is 15.9. The Hall–Kier alpha value is -2.82. The molecule has 0 atom stereocenters. The molecular weight excluding hydrogens is 280 g/mol. The first kappa shape index (κ1) is 15.6. The van der Waals surface area contributed by atoms with Gasteiger partial charge >= 0.3 is 0 Å². The standard InChI is InChI=1S/C17H18N2O3/c1-12-6-5-7-14(10-12)19-17(21)11-22-16-9-4-3-8-15(16)18-13(2)20/h3-10H,11H2,1-2H3,(H,18,20)(H,19,21). The lowest BCUT2D eigenvalue weighted by Crippen LogP contribution is -2.20. The maximum atomic E-state index is 11.9. The molecule has 0 aromatic heterocycles. The van der Waals surface area contributed by atoms with Crippen LogP contribution in [0.25, 0.3) is 0 Å². The number of carbonyl (C=O) groups excluding carboxylic acids is 2. The molecule has 22 heavy (non-hydrogen) atoms. The van der Waals surface area contributed by atoms with E-state index in [0.717, 1.165) is 11.3 Å². The van der Waals surface area contributed by atoms with Crippen LogP contribution in [0.15, 0.2) is 48.5 Å². The van der Waals surface area contributed by atoms with Crippen LogP contribution in [0.3, 0.4) is 0 Å². The molecule has 0 spiro atoms. The normalized spacial score (nSPS) is 9.91. The minimum absolute atomic E-state index is 0.134. The summed E-state index contributed by atoms with van der Waals surface area (Å²) in [5.74, 6) is 0.000539. The number of hydrogen-bond acceptors (Lipinski definition) is 3. The molecule has 0 radical (unpaired) electrons. The molecule has 0 heterocycles. The highest BCUT2D eigenvalue weighted by atomic mass is 16.5. The predicted molar refractivity (Wildman–Crippen MR) is 86.0 cm³/mol. The Morgan fingerprint density at radius 3 is 2.55 bits per heavy atom. The summed E-state index contributed by atoms with van der Waals surface area (Å²) in [5, 5.41) is 5.42. The molecule has 5 heteroatoms. The van der Waals surface area contributed by atoms with Crippen LogP contribution in [0.1, 0.15) is 12.5 Å². The van der Waals surface area contributed by atoms with Crippen LogP contribution in [0.2, 0.25) is 0 Å². The average Bonchev–Trinajstić information content (AvgIpc) is 2.46. The van der Waals surface area contributed by atoms with E-state index in [0.29, 0.717) is 11.4 Å². The largest absolute Gasteiger partial charge is 0.482 e. The van der Waals surface area contributed by atoms with Gasteiger partial charge in [-0.05, 0) is 36.8 Å². The Bertz CT molecular complexity index is 683. The van der Waals surface area contributed by atoms with Crippen molar-refractivity contribution in [3.63, 3.8) is 0 Å². The molecule has 2 aromatic carbocycles. The Balaban J connectivity index is 1.95. The maximum absolute atomic E-state index is 11.9. The SMILES string of the molecule is CC(=O)Nc1ccccc1OCC(=O)Nc1cccc(C)c1. The molecule has 2 N–H and O–H groups in total. The second kappa shape index (κ2) is 7.26. The minimum atomic E-state index is -0.261. The molecular formula is C17H18N2O3. The second-order valence-electron chi connectivity index (χ2n) is 4.88. The van der Waals surface area contributed by atoms with Crippen molar-refractivity contribution in [2.45, 2.75) is 13.8 Å². The summed E-state index contributed by atoms with van der Waals surface area (Å²) in [6, 6.07) is 14.5. The molecule has 0 aliphatic carbocycles. The van der Waals surface area contributed by atoms with Crippen molar-refractivity contribution in [1.82, 2.24) is 0 Å². The van der Waals surface area contributed by atoms with Gasteiger partial charge in [-0.1, -0.05) is 24.3 Å². The number of hydrogen-bond donors (Lipinski definition) is 2. The van der Waals surface area contributed by atoms with Gasteiger partial charge in [-0.15, -0.1) is 0 Å². The fourth-order valence-electron chi connectivity index (χ4n) is 1.95. The van der Waals surface area contributed by atoms with Crippen LogP contribution >= 0.6 is 0 Å². The molecule has 2 amide bonds. The summed E-state index contributed by atoms with van der Waals surface area (Å²) >= 11 is 0. The van der Waals surface area contributed by atoms with E-state index in [9.17, 15) is 9.59 Å². The lowest BCUT2D eigenvalue weighted by atomic mass is 10.2. The van der Waals surface area contributed by atoms with Gasteiger partial charge in [0.25, 0.3) is 5.91 Å². The van der Waals surface area contributed by atoms with Crippen LogP contribution in [0, 0.1) is 6.92 Å². The molecule has 0 bridgehead atoms. The van der Waals surface area contributed by atoms with Crippen LogP contribution in [0.5, 0.6) is 5.75 Å². The van der Waals surface area contributed by atoms with Crippen LogP contribution in [-0.4, -0.2) is 18.4 Å². The highest BCUT2D eigenvalue weighted by Gasteiger charge is 2.08. The minimum Gasteiger partial charge on any atom is -0.482 e. The van der Waals surface area contributed by atoms with Crippen molar-refractivity contribution in [2.24, 2.45) is 0 Å². The van der Waals surface area contributed by atoms with Crippen LogP contribution < -0.4 is 15.4 Å². The van der Waals surface area contributed by atoms with Crippen molar-refractivity contribution < 1.29 is 14.3 Å². The molecule has 0 aliphatic rings. The van der Waals surface area contributed by atoms with Crippen molar-refractivity contribution in [1.29, 1.82) is 0 Å². The fraction of sp³-hybridized carbons (Fsp3) is 0.176. The van der Waals surface area contributed by atoms with Gasteiger partial charge in [0, 0.05) is 12.6 Å². The summed E-state index contributed by atoms with van der Waals surface area (Å²) in [7, 11) is 0. The smallest absolute Gasteiger partial charge is 0.262 e. The van der Waals surface area contributed by atoms with E-state index < -0.39 is 0 Å². The van der Waals surface area contributed by atoms with Crippen LogP contribution in [0.4, 0.5) is 11.4 Å². The summed E-state index contributed by atoms with van der Waals surface area (Å²) in [6.07, 6.45) is 0. The lowest BCUT2D eigenvalue weighted by molar-refractivity contribution is -0.118. The van der Waals surface area contributed by atoms with E-state index in [4.69, 9.17) is 4.74 Å². The third-order valence-corrected chi connectivity index (χ3v) is 2.86. The van der Waals surface area contributed by atoms with Gasteiger partial charge in [0.1, 0.15) is 5.75 Å². The van der Waals surface area contributed by atoms with Gasteiger partial charge in [-0.3, -0.25) is 9.59 Å². The van der Waals surface area contributed by atoms with E-state index in [1.807, 2.05) is 31.2 Å². The Labute approximate surface area is 129 Å². The molecule has 0 saturated carbocycles. The third kappa shape index (κ3) is 4.63. The summed E-state index contributed by atoms with van der Waals surface area (Å²) in [6.45, 7) is 3.24. The average molecular weight is 298 g/mol. The Kier molecular flexibility index (Phi) is 5.14. The van der Waals surface area contributed by atoms with Gasteiger partial charge in [-0.2, -0.15) is 0 Å². The number of aryl methyl sites for hydroxylation is 1. The Morgan fingerprint density at radius 1 is 1.05 bits per heavy atom. The highest BCUT2D eigenvalue weighted by molar-refractivity contribution is 5.92. The summed E-state index contributed by atoms with van der Waals surface area (Å²) in [4.78, 5) is 23.0. The maximum Gasteiger partial charge on any atom is 0.262 e. The number of ether oxygens (including phenoxy) is 1. The summed E-state index contributed by atoms with van der Waals surface area (Å²) < 4.78 is 5.48. The molecule has 2 rings (SSSR count). The van der Waals surface area contributed by atoms with Gasteiger partial charge in [0.2, 0.25) is 5.91 Å². The van der Waals surface area contributed by atoms with Crippen molar-refractivity contribution >= 4 is 23.2 Å². The van der Waals surface area contributed by atoms with Gasteiger partial charge in [0.05, 0.1) is 5.69 Å². The van der Waals surface area contributed by atoms with Crippen molar-refractivity contribution in [3.05, 3.63) is 54.1 Å². The zero-order valence-corrected chi connectivity index (χ0v) is 12.6. The van der Waals surface area contributed by atoms with Gasteiger partial charge < -0.3 is 15.4 Å². The van der Waals surface area contributed by atoms with E-state index in [1.165, 1.54) is 6.92 Å². The number of anilines is 2. The lowest BCUT2D eigenvalue weighted by Gasteiger charge is -2.11. The first-order valence-electron chi connectivity index (χ1n) is 6.90. The van der Waals surface area contributed by atoms with Crippen molar-refractivity contribution in [3.8, 4) is 5.75 Å². The number of para-hydroxylation sites is 2. The monoisotopic (exact) mass is 298 g/mol. The van der Waals surface area contributed by atoms with E-state index >= 15 is 0 Å². The molecule has 0 aliphatic heterocycles. The Morgan fingerprint density at radius 2 is 1.82 bits per heavy atom. The van der Waals surface area contributed by atoms with E-state index in [-0.39, 0.29) is 18.4 Å². The van der Waals surface area contributed by atoms with Crippen molar-refractivity contribution in [2.75, 3.05) is 17.2 Å². The number of carbonyl (C=O) groups is 2. The van der Waals surface area contributed by atoms with Gasteiger partial charge in [-0.25, -0.2) is 0 Å². The van der Waals surface area contributed by atoms with Gasteiger partial charge in [0.15, 0.2) is 6.61 Å². The predicted octanol–water partition coefficient (Wildman–Crippen LogP) is 2.97. The highest BCUT2D eigenvalue weighted by Crippen LogP contribution is 2.23. The quantitative estimate of drug-likeness (QED) is 0.891. The zero-order valence-electron chi connectivity index (χ0n) is 12.6. The number of rotatable bonds is 5. The third-order valence-electron chi connectivity index (χ3n) is 2.86. The van der Waals surface area contributed by atoms with Crippen LogP contribution in [-0.2, 0) is 9.59 Å². The molecule has 0 saturated heterocycles. The number of amides is 2. The summed E-state index contributed by atoms with van der Waals surface area (Å²) in [5.41, 5.74) is 2.33. The molecule has 0 fully saturated rings. The first-order chi connectivity index (χ1) is 10.5. The molecule has 114 valence electrons. The number of benzene rings is 2. The molecule has 0 unspecified atom stereocenters. The first-order valence-corrected chi connectivity index (χ1v) is 6.90.